The standard InChI is InChI=1S/C18H15N3O2/c1-12(22)13-5-7-15(8-6-13)20-18(23)21-17-4-2-3-14-11-19-10-9-16(14)17/h2-11H,1H3,(H2,20,21,23). The summed E-state index contributed by atoms with van der Waals surface area (Å²) in [5.41, 5.74) is 1.94. The number of nitrogens with one attached hydrogen (secondary N) is 2. The molecule has 0 aliphatic heterocycles. The Bertz CT molecular complexity index is 868. The van der Waals surface area contributed by atoms with Crippen LogP contribution in [0.4, 0.5) is 16.2 Å². The number of hydrogen-bond acceptors (Lipinski definition) is 3. The molecule has 23 heavy (non-hydrogen) atoms. The van der Waals surface area contributed by atoms with Gasteiger partial charge in [0.1, 0.15) is 0 Å². The van der Waals surface area contributed by atoms with Crippen molar-refractivity contribution >= 4 is 34.0 Å². The Kier molecular flexibility index (Phi) is 4.01. The number of hydrogen-bond donors (Lipinski definition) is 2. The molecule has 0 aliphatic carbocycles. The Labute approximate surface area is 133 Å². The highest BCUT2D eigenvalue weighted by Crippen LogP contribution is 2.22. The number of Topliss-reactive ketones (excluding diaryl/α,β-unsaturated/α-hetero) is 1. The molecule has 0 radical (unpaired) electrons. The molecule has 0 bridgehead atoms. The van der Waals surface area contributed by atoms with Crippen LogP contribution >= 0.6 is 0 Å². The van der Waals surface area contributed by atoms with Gasteiger partial charge in [0, 0.05) is 34.4 Å². The second kappa shape index (κ2) is 6.27. The van der Waals surface area contributed by atoms with Gasteiger partial charge in [0.25, 0.3) is 0 Å². The summed E-state index contributed by atoms with van der Waals surface area (Å²) in [4.78, 5) is 27.4. The molecule has 114 valence electrons. The van der Waals surface area contributed by atoms with Crippen LogP contribution in [0.15, 0.2) is 60.9 Å². The predicted octanol–water partition coefficient (Wildman–Crippen LogP) is 4.08. The van der Waals surface area contributed by atoms with Crippen molar-refractivity contribution in [1.29, 1.82) is 0 Å². The largest absolute Gasteiger partial charge is 0.323 e. The Morgan fingerprint density at radius 1 is 0.957 bits per heavy atom. The third-order valence-corrected chi connectivity index (χ3v) is 3.48. The fourth-order valence-corrected chi connectivity index (χ4v) is 2.30. The van der Waals surface area contributed by atoms with Crippen molar-refractivity contribution in [3.05, 3.63) is 66.5 Å². The molecule has 0 spiro atoms. The van der Waals surface area contributed by atoms with Gasteiger partial charge in [0.15, 0.2) is 5.78 Å². The Morgan fingerprint density at radius 3 is 2.48 bits per heavy atom. The van der Waals surface area contributed by atoms with E-state index in [0.29, 0.717) is 16.9 Å². The average molecular weight is 305 g/mol. The molecule has 0 saturated carbocycles. The van der Waals surface area contributed by atoms with E-state index in [1.54, 1.807) is 36.7 Å². The summed E-state index contributed by atoms with van der Waals surface area (Å²) in [5.74, 6) is -0.00892. The monoisotopic (exact) mass is 305 g/mol. The van der Waals surface area contributed by atoms with Gasteiger partial charge in [-0.15, -0.1) is 0 Å². The van der Waals surface area contributed by atoms with E-state index in [2.05, 4.69) is 15.6 Å². The second-order valence-electron chi connectivity index (χ2n) is 5.12. The van der Waals surface area contributed by atoms with Crippen LogP contribution in [0.3, 0.4) is 0 Å². The minimum absolute atomic E-state index is 0.00892. The topological polar surface area (TPSA) is 71.1 Å². The average Bonchev–Trinajstić information content (AvgIpc) is 2.55. The number of fused-ring (bicyclic) bond motifs is 1. The van der Waals surface area contributed by atoms with E-state index in [1.165, 1.54) is 6.92 Å². The number of ketones is 1. The van der Waals surface area contributed by atoms with E-state index in [0.717, 1.165) is 10.8 Å². The number of aromatic nitrogens is 1. The van der Waals surface area contributed by atoms with Crippen molar-refractivity contribution in [2.24, 2.45) is 0 Å². The number of amides is 2. The van der Waals surface area contributed by atoms with Crippen LogP contribution in [0.5, 0.6) is 0 Å². The first-order valence-electron chi connectivity index (χ1n) is 7.15. The summed E-state index contributed by atoms with van der Waals surface area (Å²) in [6.45, 7) is 1.50. The lowest BCUT2D eigenvalue weighted by molar-refractivity contribution is 0.101. The first kappa shape index (κ1) is 14.7. The number of pyridine rings is 1. The lowest BCUT2D eigenvalue weighted by Crippen LogP contribution is -2.19. The van der Waals surface area contributed by atoms with Crippen LogP contribution in [0.25, 0.3) is 10.8 Å². The van der Waals surface area contributed by atoms with Gasteiger partial charge in [-0.2, -0.15) is 0 Å². The maximum Gasteiger partial charge on any atom is 0.323 e. The zero-order valence-corrected chi connectivity index (χ0v) is 12.5. The molecule has 5 nitrogen and oxygen atoms in total. The van der Waals surface area contributed by atoms with Gasteiger partial charge in [-0.05, 0) is 43.3 Å². The fraction of sp³-hybridized carbons (Fsp3) is 0.0556. The smallest absolute Gasteiger partial charge is 0.308 e. The molecule has 2 amide bonds. The Balaban J connectivity index is 1.75. The van der Waals surface area contributed by atoms with E-state index < -0.39 is 0 Å². The van der Waals surface area contributed by atoms with E-state index >= 15 is 0 Å². The van der Waals surface area contributed by atoms with Crippen LogP contribution in [-0.4, -0.2) is 16.8 Å². The number of urea groups is 1. The molecule has 1 aromatic heterocycles. The van der Waals surface area contributed by atoms with E-state index in [1.807, 2.05) is 24.3 Å². The van der Waals surface area contributed by atoms with Gasteiger partial charge in [-0.25, -0.2) is 4.79 Å². The number of carbonyl (C=O) groups excluding carboxylic acids is 2. The summed E-state index contributed by atoms with van der Waals surface area (Å²) in [7, 11) is 0. The highest BCUT2D eigenvalue weighted by atomic mass is 16.2. The number of benzene rings is 2. The number of anilines is 2. The highest BCUT2D eigenvalue weighted by Gasteiger charge is 2.06. The van der Waals surface area contributed by atoms with Gasteiger partial charge in [0.05, 0.1) is 5.69 Å². The van der Waals surface area contributed by atoms with Gasteiger partial charge < -0.3 is 10.6 Å². The molecule has 3 rings (SSSR count). The number of carbonyl (C=O) groups is 2. The molecule has 0 fully saturated rings. The third kappa shape index (κ3) is 3.35. The van der Waals surface area contributed by atoms with Gasteiger partial charge in [-0.1, -0.05) is 12.1 Å². The number of nitrogens with zero attached hydrogens (tertiary/aromatic N) is 1. The van der Waals surface area contributed by atoms with Crippen molar-refractivity contribution in [1.82, 2.24) is 4.98 Å². The molecule has 2 aromatic carbocycles. The predicted molar refractivity (Wildman–Crippen MR) is 90.8 cm³/mol. The Hall–Kier alpha value is -3.21. The number of rotatable bonds is 3. The van der Waals surface area contributed by atoms with Crippen LogP contribution in [0.1, 0.15) is 17.3 Å². The van der Waals surface area contributed by atoms with Crippen molar-refractivity contribution in [3.8, 4) is 0 Å². The Morgan fingerprint density at radius 2 is 1.74 bits per heavy atom. The lowest BCUT2D eigenvalue weighted by Gasteiger charge is -2.10. The molecule has 2 N–H and O–H groups in total. The minimum atomic E-state index is -0.343. The summed E-state index contributed by atoms with van der Waals surface area (Å²) in [5, 5.41) is 7.45. The molecule has 0 unspecified atom stereocenters. The van der Waals surface area contributed by atoms with Crippen molar-refractivity contribution in [3.63, 3.8) is 0 Å². The zero-order valence-electron chi connectivity index (χ0n) is 12.5. The molecule has 0 saturated heterocycles. The SMILES string of the molecule is CC(=O)c1ccc(NC(=O)Nc2cccc3cnccc23)cc1. The lowest BCUT2D eigenvalue weighted by atomic mass is 10.1. The van der Waals surface area contributed by atoms with E-state index in [4.69, 9.17) is 0 Å². The molecule has 0 atom stereocenters. The molecular formula is C18H15N3O2. The molecular weight excluding hydrogens is 290 g/mol. The molecule has 1 heterocycles. The van der Waals surface area contributed by atoms with Gasteiger partial charge >= 0.3 is 6.03 Å². The highest BCUT2D eigenvalue weighted by molar-refractivity contribution is 6.06. The maximum absolute atomic E-state index is 12.1. The van der Waals surface area contributed by atoms with Gasteiger partial charge in [-0.3, -0.25) is 9.78 Å². The van der Waals surface area contributed by atoms with Crippen LogP contribution in [-0.2, 0) is 0 Å². The van der Waals surface area contributed by atoms with Crippen molar-refractivity contribution in [2.75, 3.05) is 10.6 Å². The second-order valence-corrected chi connectivity index (χ2v) is 5.12. The van der Waals surface area contributed by atoms with Crippen molar-refractivity contribution < 1.29 is 9.59 Å². The first-order valence-corrected chi connectivity index (χ1v) is 7.15. The van der Waals surface area contributed by atoms with Crippen molar-refractivity contribution in [2.45, 2.75) is 6.92 Å². The quantitative estimate of drug-likeness (QED) is 0.716. The molecule has 3 aromatic rings. The third-order valence-electron chi connectivity index (χ3n) is 3.48. The first-order chi connectivity index (χ1) is 11.1. The minimum Gasteiger partial charge on any atom is -0.308 e. The summed E-state index contributed by atoms with van der Waals surface area (Å²) >= 11 is 0. The molecule has 5 heteroatoms. The summed E-state index contributed by atoms with van der Waals surface area (Å²) < 4.78 is 0. The normalized spacial score (nSPS) is 10.3. The van der Waals surface area contributed by atoms with Crippen LogP contribution in [0.2, 0.25) is 0 Å². The summed E-state index contributed by atoms with van der Waals surface area (Å²) in [6.07, 6.45) is 3.44. The van der Waals surface area contributed by atoms with Crippen LogP contribution in [0, 0.1) is 0 Å². The van der Waals surface area contributed by atoms with E-state index in [9.17, 15) is 9.59 Å². The fourth-order valence-electron chi connectivity index (χ4n) is 2.30. The summed E-state index contributed by atoms with van der Waals surface area (Å²) in [6, 6.07) is 13.9. The van der Waals surface area contributed by atoms with E-state index in [-0.39, 0.29) is 11.8 Å². The van der Waals surface area contributed by atoms with Crippen LogP contribution < -0.4 is 10.6 Å². The zero-order chi connectivity index (χ0) is 16.2. The molecule has 0 aliphatic rings. The maximum atomic E-state index is 12.1. The van der Waals surface area contributed by atoms with Gasteiger partial charge in [0.2, 0.25) is 0 Å².